The van der Waals surface area contributed by atoms with Crippen LogP contribution in [-0.4, -0.2) is 31.3 Å². The van der Waals surface area contributed by atoms with Crippen molar-refractivity contribution in [1.29, 1.82) is 0 Å². The fraction of sp³-hybridized carbons (Fsp3) is 1.00. The molecule has 0 spiro atoms. The number of hydrogen-bond donors (Lipinski definition) is 2. The van der Waals surface area contributed by atoms with Gasteiger partial charge in [-0.3, -0.25) is 0 Å². The maximum atomic E-state index is 9.76. The quantitative estimate of drug-likeness (QED) is 0.485. The topological polar surface area (TPSA) is 66.8 Å². The van der Waals surface area contributed by atoms with Crippen LogP contribution in [-0.2, 0) is 7.43 Å². The van der Waals surface area contributed by atoms with Crippen LogP contribution in [0.1, 0.15) is 0 Å². The minimum atomic E-state index is -4.07. The van der Waals surface area contributed by atoms with Gasteiger partial charge in [-0.25, -0.2) is 0 Å². The van der Waals surface area contributed by atoms with Crippen LogP contribution < -0.4 is 0 Å². The van der Waals surface area contributed by atoms with Gasteiger partial charge < -0.3 is 0 Å². The molecule has 2 N–H and O–H groups in total. The van der Waals surface area contributed by atoms with E-state index in [1.165, 1.54) is 0 Å². The molecule has 0 aromatic carbocycles. The fourth-order valence-electron chi connectivity index (χ4n) is 0.168. The summed E-state index contributed by atoms with van der Waals surface area (Å²) in [7, 11) is -4.07. The maximum absolute atomic E-state index is 9.76. The summed E-state index contributed by atoms with van der Waals surface area (Å²) >= 11 is -1.46. The van der Waals surface area contributed by atoms with Gasteiger partial charge in [0.05, 0.1) is 0 Å². The molecule has 0 saturated heterocycles. The Hall–Kier alpha value is 0.909. The first-order valence-corrected chi connectivity index (χ1v) is 8.98. The normalized spacial score (nSPS) is 13.6. The van der Waals surface area contributed by atoms with Crippen molar-refractivity contribution in [2.24, 2.45) is 0 Å². The summed E-state index contributed by atoms with van der Waals surface area (Å²) < 4.78 is 13.9. The Balaban J connectivity index is 3.36. The molecule has 0 fully saturated rings. The summed E-state index contributed by atoms with van der Waals surface area (Å²) in [6, 6.07) is 0. The molecule has 0 amide bonds. The molecule has 0 aliphatic heterocycles. The molecule has 0 rings (SSSR count). The second-order valence-corrected chi connectivity index (χ2v) is 6.01. The second kappa shape index (κ2) is 3.04. The Morgan fingerprint density at radius 3 is 2.14 bits per heavy atom. The van der Waals surface area contributed by atoms with Gasteiger partial charge in [-0.15, -0.1) is 0 Å². The van der Waals surface area contributed by atoms with Crippen molar-refractivity contribution in [2.75, 3.05) is 0 Å². The monoisotopic (exact) mass is 234 g/mol. The van der Waals surface area contributed by atoms with Crippen molar-refractivity contribution < 1.29 is 17.2 Å². The molecule has 0 aromatic heterocycles. The van der Waals surface area contributed by atoms with E-state index in [9.17, 15) is 4.57 Å². The van der Waals surface area contributed by atoms with E-state index in [4.69, 9.17) is 9.79 Å². The third-order valence-electron chi connectivity index (χ3n) is 0.297. The molecule has 0 saturated carbocycles. The summed E-state index contributed by atoms with van der Waals surface area (Å²) in [5.74, 6) is 0. The van der Waals surface area contributed by atoms with Crippen molar-refractivity contribution in [1.82, 2.24) is 0 Å². The molecule has 0 bridgehead atoms. The molecule has 0 aliphatic carbocycles. The average Bonchev–Trinajstić information content (AvgIpc) is 1.30. The summed E-state index contributed by atoms with van der Waals surface area (Å²) in [5, 5.41) is 0. The Morgan fingerprint density at radius 1 is 1.71 bits per heavy atom. The first-order chi connectivity index (χ1) is 3.06. The van der Waals surface area contributed by atoms with E-state index in [0.29, 0.717) is 0 Å². The van der Waals surface area contributed by atoms with Gasteiger partial charge in [0.25, 0.3) is 0 Å². The Labute approximate surface area is 51.9 Å². The van der Waals surface area contributed by atoms with Gasteiger partial charge in [-0.1, -0.05) is 0 Å². The van der Waals surface area contributed by atoms with Gasteiger partial charge in [-0.2, -0.15) is 0 Å². The zero-order valence-electron chi connectivity index (χ0n) is 3.87. The van der Waals surface area contributed by atoms with Gasteiger partial charge in [-0.05, 0) is 0 Å². The van der Waals surface area contributed by atoms with E-state index in [0.717, 1.165) is 0 Å². The third kappa shape index (κ3) is 6.91. The van der Waals surface area contributed by atoms with Crippen molar-refractivity contribution in [3.05, 3.63) is 0 Å². The van der Waals surface area contributed by atoms with E-state index in [1.807, 2.05) is 0 Å². The number of phosphoric acid groups is 1. The molecule has 0 aliphatic rings. The van der Waals surface area contributed by atoms with E-state index < -0.39 is 29.4 Å². The Morgan fingerprint density at radius 2 is 2.14 bits per heavy atom. The van der Waals surface area contributed by atoms with Crippen LogP contribution in [0.4, 0.5) is 0 Å². The van der Waals surface area contributed by atoms with Crippen molar-refractivity contribution >= 4 is 29.4 Å². The van der Waals surface area contributed by atoms with Crippen LogP contribution in [0.15, 0.2) is 0 Å². The van der Waals surface area contributed by atoms with Gasteiger partial charge in [0.1, 0.15) is 0 Å². The van der Waals surface area contributed by atoms with Gasteiger partial charge in [0.2, 0.25) is 0 Å². The van der Waals surface area contributed by atoms with Gasteiger partial charge in [0, 0.05) is 0 Å². The predicted molar refractivity (Wildman–Crippen MR) is 27.5 cm³/mol. The standard InChI is InChI=1S/CH3.H3O4P.Sn.2H/c;1-5(2,3)4;;;/h1H3;(H3,1,2,3,4);;;/q;;+1;;/p-1. The van der Waals surface area contributed by atoms with Crippen molar-refractivity contribution in [3.63, 3.8) is 0 Å². The van der Waals surface area contributed by atoms with Crippen LogP contribution in [0.25, 0.3) is 0 Å². The van der Waals surface area contributed by atoms with E-state index in [1.54, 1.807) is 4.94 Å². The predicted octanol–water partition coefficient (Wildman–Crippen LogP) is -0.772. The van der Waals surface area contributed by atoms with Crippen LogP contribution in [0, 0.1) is 0 Å². The first kappa shape index (κ1) is 7.91. The van der Waals surface area contributed by atoms with Crippen LogP contribution >= 0.6 is 7.82 Å². The molecule has 0 aromatic rings. The van der Waals surface area contributed by atoms with Gasteiger partial charge in [0.15, 0.2) is 0 Å². The second-order valence-electron chi connectivity index (χ2n) is 0.908. The molecule has 44 valence electrons. The summed E-state index contributed by atoms with van der Waals surface area (Å²) in [6.07, 6.45) is 0. The van der Waals surface area contributed by atoms with Crippen molar-refractivity contribution in [3.8, 4) is 0 Å². The van der Waals surface area contributed by atoms with Crippen LogP contribution in [0.2, 0.25) is 4.94 Å². The molecular formula is CH7O4PSn. The zero-order valence-corrected chi connectivity index (χ0v) is 8.80. The number of hydrogen-bond acceptors (Lipinski definition) is 2. The fourth-order valence-corrected chi connectivity index (χ4v) is 3.38. The van der Waals surface area contributed by atoms with E-state index >= 15 is 0 Å². The summed E-state index contributed by atoms with van der Waals surface area (Å²) in [5.41, 5.74) is 0. The molecular weight excluding hydrogens is 226 g/mol. The SMILES string of the molecule is [CH3][SnH2][O]P(=O)(O)O. The summed E-state index contributed by atoms with van der Waals surface area (Å²) in [6.45, 7) is 0. The minimum absolute atomic E-state index is 1.46. The molecule has 6 heteroatoms. The van der Waals surface area contributed by atoms with Crippen molar-refractivity contribution in [2.45, 2.75) is 4.94 Å². The van der Waals surface area contributed by atoms with Gasteiger partial charge >= 0.3 is 51.5 Å². The Kier molecular flexibility index (Phi) is 3.43. The average molecular weight is 233 g/mol. The first-order valence-electron chi connectivity index (χ1n) is 1.76. The van der Waals surface area contributed by atoms with E-state index in [2.05, 4.69) is 2.86 Å². The molecule has 0 atom stereocenters. The van der Waals surface area contributed by atoms with Crippen LogP contribution in [0.5, 0.6) is 0 Å². The Bertz CT molecular complexity index is 85.7. The molecule has 0 unspecified atom stereocenters. The zero-order chi connectivity index (χ0) is 5.91. The molecule has 4 nitrogen and oxygen atoms in total. The van der Waals surface area contributed by atoms with Crippen LogP contribution in [0.3, 0.4) is 0 Å². The van der Waals surface area contributed by atoms with E-state index in [-0.39, 0.29) is 0 Å². The molecule has 7 heavy (non-hydrogen) atoms. The summed E-state index contributed by atoms with van der Waals surface area (Å²) in [4.78, 5) is 17.6. The number of rotatable bonds is 2. The molecule has 0 heterocycles. The molecule has 0 radical (unpaired) electrons. The third-order valence-corrected chi connectivity index (χ3v) is 5.98.